The van der Waals surface area contributed by atoms with E-state index < -0.39 is 0 Å². The molecular formula is C15H15BrN2OS. The molecule has 2 N–H and O–H groups in total. The van der Waals surface area contributed by atoms with Crippen molar-refractivity contribution in [3.8, 4) is 11.8 Å². The largest absolute Gasteiger partial charge is 0.483 e. The predicted octanol–water partition coefficient (Wildman–Crippen LogP) is 4.24. The Balaban J connectivity index is 2.26. The number of ether oxygens (including phenoxy) is 1. The van der Waals surface area contributed by atoms with E-state index in [9.17, 15) is 0 Å². The van der Waals surface area contributed by atoms with E-state index in [4.69, 9.17) is 15.7 Å². The minimum absolute atomic E-state index is 0.0914. The van der Waals surface area contributed by atoms with Gasteiger partial charge >= 0.3 is 0 Å². The van der Waals surface area contributed by atoms with Gasteiger partial charge in [0.1, 0.15) is 11.9 Å². The average Bonchev–Trinajstić information content (AvgIpc) is 2.90. The summed E-state index contributed by atoms with van der Waals surface area (Å²) in [6.45, 7) is 2.04. The number of nitrogens with zero attached hydrogens (tertiary/aromatic N) is 1. The first-order valence-electron chi connectivity index (χ1n) is 6.30. The summed E-state index contributed by atoms with van der Waals surface area (Å²) < 4.78 is 7.05. The van der Waals surface area contributed by atoms with Gasteiger partial charge in [0, 0.05) is 20.8 Å². The number of nitriles is 1. The maximum atomic E-state index is 8.94. The van der Waals surface area contributed by atoms with Crippen LogP contribution in [0.3, 0.4) is 0 Å². The fraction of sp³-hybridized carbons (Fsp3) is 0.267. The van der Waals surface area contributed by atoms with Crippen molar-refractivity contribution in [3.63, 3.8) is 0 Å². The molecule has 0 aliphatic heterocycles. The van der Waals surface area contributed by atoms with Crippen LogP contribution in [0, 0.1) is 11.3 Å². The Kier molecular flexibility index (Phi) is 5.18. The van der Waals surface area contributed by atoms with Crippen molar-refractivity contribution in [1.29, 1.82) is 5.26 Å². The van der Waals surface area contributed by atoms with Crippen LogP contribution in [0.1, 0.15) is 29.9 Å². The van der Waals surface area contributed by atoms with Crippen molar-refractivity contribution in [3.05, 3.63) is 50.6 Å². The number of halogens is 1. The van der Waals surface area contributed by atoms with E-state index in [-0.39, 0.29) is 12.1 Å². The molecule has 5 heteroatoms. The molecule has 1 aromatic carbocycles. The third-order valence-electron chi connectivity index (χ3n) is 2.95. The molecule has 0 amide bonds. The minimum Gasteiger partial charge on any atom is -0.483 e. The second-order valence-corrected chi connectivity index (χ2v) is 6.28. The second-order valence-electron chi connectivity index (χ2n) is 4.42. The van der Waals surface area contributed by atoms with Crippen LogP contribution < -0.4 is 10.5 Å². The van der Waals surface area contributed by atoms with E-state index in [0.29, 0.717) is 11.3 Å². The molecule has 0 bridgehead atoms. The molecule has 0 fully saturated rings. The summed E-state index contributed by atoms with van der Waals surface area (Å²) in [7, 11) is 0. The van der Waals surface area contributed by atoms with E-state index in [2.05, 4.69) is 22.0 Å². The Morgan fingerprint density at radius 2 is 2.25 bits per heavy atom. The zero-order valence-corrected chi connectivity index (χ0v) is 13.4. The molecule has 2 aromatic rings. The number of rotatable bonds is 5. The first-order valence-corrected chi connectivity index (χ1v) is 7.97. The topological polar surface area (TPSA) is 59.0 Å². The Bertz CT molecular complexity index is 620. The molecule has 2 unspecified atom stereocenters. The molecule has 20 heavy (non-hydrogen) atoms. The lowest BCUT2D eigenvalue weighted by atomic mass is 10.1. The minimum atomic E-state index is -0.203. The highest BCUT2D eigenvalue weighted by Crippen LogP contribution is 2.32. The number of hydrogen-bond donors (Lipinski definition) is 1. The van der Waals surface area contributed by atoms with Crippen molar-refractivity contribution in [2.24, 2.45) is 5.73 Å². The van der Waals surface area contributed by atoms with E-state index in [1.54, 1.807) is 23.5 Å². The molecule has 0 aliphatic rings. The van der Waals surface area contributed by atoms with Crippen LogP contribution in [0.4, 0.5) is 0 Å². The van der Waals surface area contributed by atoms with Gasteiger partial charge in [0.15, 0.2) is 0 Å². The van der Waals surface area contributed by atoms with Crippen LogP contribution in [0.2, 0.25) is 0 Å². The van der Waals surface area contributed by atoms with Crippen LogP contribution in [-0.4, -0.2) is 6.04 Å². The maximum absolute atomic E-state index is 8.94. The van der Waals surface area contributed by atoms with Gasteiger partial charge in [-0.25, -0.2) is 0 Å². The number of nitrogens with two attached hydrogens (primary N) is 1. The van der Waals surface area contributed by atoms with Gasteiger partial charge in [0.2, 0.25) is 0 Å². The lowest BCUT2D eigenvalue weighted by Crippen LogP contribution is -2.30. The SMILES string of the molecule is CCC(N)C(Oc1cccc(C#N)c1)c1cc(Br)cs1. The first kappa shape index (κ1) is 15.0. The molecule has 3 nitrogen and oxygen atoms in total. The van der Waals surface area contributed by atoms with Gasteiger partial charge in [-0.3, -0.25) is 0 Å². The summed E-state index contributed by atoms with van der Waals surface area (Å²) in [6, 6.07) is 11.2. The zero-order valence-electron chi connectivity index (χ0n) is 11.0. The molecule has 104 valence electrons. The second kappa shape index (κ2) is 6.89. The molecule has 0 saturated carbocycles. The van der Waals surface area contributed by atoms with Gasteiger partial charge < -0.3 is 10.5 Å². The van der Waals surface area contributed by atoms with Gasteiger partial charge in [-0.05, 0) is 46.6 Å². The maximum Gasteiger partial charge on any atom is 0.148 e. The summed E-state index contributed by atoms with van der Waals surface area (Å²) in [4.78, 5) is 1.08. The third kappa shape index (κ3) is 3.60. The highest BCUT2D eigenvalue weighted by atomic mass is 79.9. The van der Waals surface area contributed by atoms with Gasteiger partial charge in [-0.1, -0.05) is 13.0 Å². The van der Waals surface area contributed by atoms with Gasteiger partial charge in [0.05, 0.1) is 11.6 Å². The van der Waals surface area contributed by atoms with E-state index in [1.165, 1.54) is 0 Å². The average molecular weight is 351 g/mol. The van der Waals surface area contributed by atoms with Crippen LogP contribution in [0.25, 0.3) is 0 Å². The Labute approximate surface area is 131 Å². The summed E-state index contributed by atoms with van der Waals surface area (Å²) in [6.07, 6.45) is 0.614. The quantitative estimate of drug-likeness (QED) is 0.877. The highest BCUT2D eigenvalue weighted by Gasteiger charge is 2.22. The summed E-state index contributed by atoms with van der Waals surface area (Å²) in [5.41, 5.74) is 6.76. The lowest BCUT2D eigenvalue weighted by Gasteiger charge is -2.23. The van der Waals surface area contributed by atoms with Crippen LogP contribution in [-0.2, 0) is 0 Å². The van der Waals surface area contributed by atoms with Gasteiger partial charge in [-0.2, -0.15) is 5.26 Å². The number of thiophene rings is 1. The van der Waals surface area contributed by atoms with Crippen molar-refractivity contribution < 1.29 is 4.74 Å². The summed E-state index contributed by atoms with van der Waals surface area (Å²) in [5, 5.41) is 11.0. The molecule has 2 rings (SSSR count). The summed E-state index contributed by atoms with van der Waals surface area (Å²) in [5.74, 6) is 0.669. The van der Waals surface area contributed by atoms with E-state index >= 15 is 0 Å². The van der Waals surface area contributed by atoms with Crippen molar-refractivity contribution in [2.75, 3.05) is 0 Å². The third-order valence-corrected chi connectivity index (χ3v) is 4.71. The normalized spacial score (nSPS) is 13.5. The molecule has 0 spiro atoms. The molecule has 0 aliphatic carbocycles. The molecule has 2 atom stereocenters. The zero-order chi connectivity index (χ0) is 14.5. The molecular weight excluding hydrogens is 336 g/mol. The number of hydrogen-bond acceptors (Lipinski definition) is 4. The van der Waals surface area contributed by atoms with Crippen LogP contribution in [0.15, 0.2) is 40.2 Å². The fourth-order valence-electron chi connectivity index (χ4n) is 1.83. The smallest absolute Gasteiger partial charge is 0.148 e. The highest BCUT2D eigenvalue weighted by molar-refractivity contribution is 9.10. The van der Waals surface area contributed by atoms with Crippen LogP contribution in [0.5, 0.6) is 5.75 Å². The van der Waals surface area contributed by atoms with Crippen molar-refractivity contribution in [1.82, 2.24) is 0 Å². The standard InChI is InChI=1S/C15H15BrN2OS/c1-2-13(18)15(14-7-11(16)9-20-14)19-12-5-3-4-10(6-12)8-17/h3-7,9,13,15H,2,18H2,1H3. The summed E-state index contributed by atoms with van der Waals surface area (Å²) >= 11 is 5.06. The Morgan fingerprint density at radius 1 is 1.45 bits per heavy atom. The van der Waals surface area contributed by atoms with Gasteiger partial charge in [-0.15, -0.1) is 11.3 Å². The van der Waals surface area contributed by atoms with Gasteiger partial charge in [0.25, 0.3) is 0 Å². The van der Waals surface area contributed by atoms with E-state index in [0.717, 1.165) is 15.8 Å². The van der Waals surface area contributed by atoms with Crippen molar-refractivity contribution in [2.45, 2.75) is 25.5 Å². The molecule has 0 radical (unpaired) electrons. The lowest BCUT2D eigenvalue weighted by molar-refractivity contribution is 0.174. The first-order chi connectivity index (χ1) is 9.63. The molecule has 0 saturated heterocycles. The number of benzene rings is 1. The Hall–Kier alpha value is -1.35. The predicted molar refractivity (Wildman–Crippen MR) is 84.8 cm³/mol. The monoisotopic (exact) mass is 350 g/mol. The van der Waals surface area contributed by atoms with Crippen LogP contribution >= 0.6 is 27.3 Å². The van der Waals surface area contributed by atoms with E-state index in [1.807, 2.05) is 30.5 Å². The molecule has 1 aromatic heterocycles. The fourth-order valence-corrected chi connectivity index (χ4v) is 3.38. The van der Waals surface area contributed by atoms with Crippen molar-refractivity contribution >= 4 is 27.3 Å². The Morgan fingerprint density at radius 3 is 2.85 bits per heavy atom. The molecule has 1 heterocycles.